The molecule has 1 saturated carbocycles. The minimum absolute atomic E-state index is 0.00296. The van der Waals surface area contributed by atoms with Gasteiger partial charge in [-0.3, -0.25) is 14.9 Å². The predicted octanol–water partition coefficient (Wildman–Crippen LogP) is 2.16. The molecule has 1 aliphatic carbocycles. The molecule has 112 valence electrons. The molecular formula is C14H17N3O4. The molecule has 0 aromatic heterocycles. The average Bonchev–Trinajstić information content (AvgIpc) is 3.27. The van der Waals surface area contributed by atoms with Crippen LogP contribution in [-0.2, 0) is 4.79 Å². The largest absolute Gasteiger partial charge is 0.481 e. The zero-order chi connectivity index (χ0) is 15.0. The van der Waals surface area contributed by atoms with Crippen LogP contribution >= 0.6 is 0 Å². The van der Waals surface area contributed by atoms with E-state index in [0.29, 0.717) is 17.1 Å². The van der Waals surface area contributed by atoms with E-state index in [1.165, 1.54) is 18.9 Å². The minimum Gasteiger partial charge on any atom is -0.481 e. The van der Waals surface area contributed by atoms with Crippen LogP contribution in [0, 0.1) is 16.0 Å². The molecule has 0 spiro atoms. The Morgan fingerprint density at radius 2 is 2.24 bits per heavy atom. The molecule has 7 heteroatoms. The van der Waals surface area contributed by atoms with Crippen molar-refractivity contribution >= 4 is 23.0 Å². The normalized spacial score (nSPS) is 16.7. The molecule has 1 N–H and O–H groups in total. The van der Waals surface area contributed by atoms with Gasteiger partial charge in [0.25, 0.3) is 11.6 Å². The number of nitrogens with one attached hydrogen (secondary N) is 1. The van der Waals surface area contributed by atoms with Crippen molar-refractivity contribution in [1.82, 2.24) is 0 Å². The third-order valence-electron chi connectivity index (χ3n) is 3.89. The van der Waals surface area contributed by atoms with Crippen LogP contribution in [0.3, 0.4) is 0 Å². The summed E-state index contributed by atoms with van der Waals surface area (Å²) in [5.41, 5.74) is 0.999. The SMILES string of the molecule is CN(CCC1CC1)c1cc2c(cc1[N+](=O)[O-])OCC(=O)N2. The minimum atomic E-state index is -0.414. The first-order valence-corrected chi connectivity index (χ1v) is 7.01. The average molecular weight is 291 g/mol. The summed E-state index contributed by atoms with van der Waals surface area (Å²) in [6, 6.07) is 3.01. The molecule has 0 saturated heterocycles. The van der Waals surface area contributed by atoms with E-state index in [-0.39, 0.29) is 18.2 Å². The first kappa shape index (κ1) is 13.7. The summed E-state index contributed by atoms with van der Waals surface area (Å²) in [5.74, 6) is 0.857. The smallest absolute Gasteiger partial charge is 0.296 e. The predicted molar refractivity (Wildman–Crippen MR) is 77.8 cm³/mol. The Morgan fingerprint density at radius 1 is 1.48 bits per heavy atom. The van der Waals surface area contributed by atoms with E-state index in [0.717, 1.165) is 18.9 Å². The Labute approximate surface area is 122 Å². The van der Waals surface area contributed by atoms with Gasteiger partial charge in [0, 0.05) is 13.6 Å². The molecule has 1 amide bonds. The van der Waals surface area contributed by atoms with Gasteiger partial charge in [0.1, 0.15) is 5.69 Å². The second-order valence-corrected chi connectivity index (χ2v) is 5.58. The van der Waals surface area contributed by atoms with Crippen LogP contribution in [0.25, 0.3) is 0 Å². The zero-order valence-corrected chi connectivity index (χ0v) is 11.8. The molecule has 1 fully saturated rings. The van der Waals surface area contributed by atoms with Crippen molar-refractivity contribution < 1.29 is 14.5 Å². The van der Waals surface area contributed by atoms with Gasteiger partial charge in [0.15, 0.2) is 12.4 Å². The van der Waals surface area contributed by atoms with E-state index >= 15 is 0 Å². The van der Waals surface area contributed by atoms with Gasteiger partial charge in [-0.1, -0.05) is 12.8 Å². The van der Waals surface area contributed by atoms with Crippen LogP contribution in [0.1, 0.15) is 19.3 Å². The molecule has 1 aromatic rings. The molecule has 0 atom stereocenters. The second kappa shape index (κ2) is 5.23. The van der Waals surface area contributed by atoms with E-state index in [1.54, 1.807) is 6.07 Å². The van der Waals surface area contributed by atoms with E-state index in [4.69, 9.17) is 4.74 Å². The van der Waals surface area contributed by atoms with Crippen molar-refractivity contribution in [2.24, 2.45) is 5.92 Å². The lowest BCUT2D eigenvalue weighted by molar-refractivity contribution is -0.384. The highest BCUT2D eigenvalue weighted by Crippen LogP contribution is 2.40. The van der Waals surface area contributed by atoms with E-state index < -0.39 is 4.92 Å². The fourth-order valence-electron chi connectivity index (χ4n) is 2.46. The van der Waals surface area contributed by atoms with E-state index in [1.807, 2.05) is 11.9 Å². The van der Waals surface area contributed by atoms with Gasteiger partial charge in [-0.05, 0) is 18.4 Å². The molecule has 0 bridgehead atoms. The fraction of sp³-hybridized carbons (Fsp3) is 0.500. The van der Waals surface area contributed by atoms with Gasteiger partial charge in [0.05, 0.1) is 16.7 Å². The lowest BCUT2D eigenvalue weighted by Gasteiger charge is -2.23. The van der Waals surface area contributed by atoms with Gasteiger partial charge >= 0.3 is 0 Å². The molecule has 21 heavy (non-hydrogen) atoms. The van der Waals surface area contributed by atoms with Crippen molar-refractivity contribution in [2.75, 3.05) is 30.4 Å². The summed E-state index contributed by atoms with van der Waals surface area (Å²) >= 11 is 0. The van der Waals surface area contributed by atoms with E-state index in [2.05, 4.69) is 5.32 Å². The highest BCUT2D eigenvalue weighted by molar-refractivity contribution is 5.96. The third kappa shape index (κ3) is 2.91. The Kier molecular flexibility index (Phi) is 3.40. The zero-order valence-electron chi connectivity index (χ0n) is 11.8. The van der Waals surface area contributed by atoms with Crippen molar-refractivity contribution in [3.05, 3.63) is 22.2 Å². The second-order valence-electron chi connectivity index (χ2n) is 5.58. The van der Waals surface area contributed by atoms with Crippen LogP contribution in [0.5, 0.6) is 5.75 Å². The Morgan fingerprint density at radius 3 is 2.90 bits per heavy atom. The monoisotopic (exact) mass is 291 g/mol. The van der Waals surface area contributed by atoms with Gasteiger partial charge in [-0.2, -0.15) is 0 Å². The van der Waals surface area contributed by atoms with Crippen LogP contribution in [-0.4, -0.2) is 31.0 Å². The number of nitro groups is 1. The molecule has 1 aliphatic heterocycles. The highest BCUT2D eigenvalue weighted by Gasteiger charge is 2.27. The van der Waals surface area contributed by atoms with Gasteiger partial charge in [0.2, 0.25) is 0 Å². The molecule has 0 radical (unpaired) electrons. The number of nitrogens with zero attached hydrogens (tertiary/aromatic N) is 2. The number of hydrogen-bond acceptors (Lipinski definition) is 5. The van der Waals surface area contributed by atoms with Gasteiger partial charge in [-0.25, -0.2) is 0 Å². The van der Waals surface area contributed by atoms with Crippen molar-refractivity contribution in [2.45, 2.75) is 19.3 Å². The summed E-state index contributed by atoms with van der Waals surface area (Å²) in [4.78, 5) is 24.1. The lowest BCUT2D eigenvalue weighted by Crippen LogP contribution is -2.26. The topological polar surface area (TPSA) is 84.7 Å². The number of hydrogen-bond donors (Lipinski definition) is 1. The van der Waals surface area contributed by atoms with Crippen molar-refractivity contribution in [3.8, 4) is 5.75 Å². The summed E-state index contributed by atoms with van der Waals surface area (Å²) in [7, 11) is 1.84. The molecule has 7 nitrogen and oxygen atoms in total. The molecule has 3 rings (SSSR count). The summed E-state index contributed by atoms with van der Waals surface area (Å²) < 4.78 is 5.23. The van der Waals surface area contributed by atoms with E-state index in [9.17, 15) is 14.9 Å². The number of carbonyl (C=O) groups is 1. The Balaban J connectivity index is 1.90. The maximum absolute atomic E-state index is 11.4. The summed E-state index contributed by atoms with van der Waals surface area (Å²) in [6.45, 7) is 0.653. The maximum atomic E-state index is 11.4. The van der Waals surface area contributed by atoms with Crippen LogP contribution in [0.15, 0.2) is 12.1 Å². The van der Waals surface area contributed by atoms with Crippen LogP contribution in [0.2, 0.25) is 0 Å². The van der Waals surface area contributed by atoms with Gasteiger partial charge < -0.3 is 15.0 Å². The van der Waals surface area contributed by atoms with Gasteiger partial charge in [-0.15, -0.1) is 0 Å². The van der Waals surface area contributed by atoms with Crippen LogP contribution < -0.4 is 15.0 Å². The number of ether oxygens (including phenoxy) is 1. The van der Waals surface area contributed by atoms with Crippen molar-refractivity contribution in [3.63, 3.8) is 0 Å². The summed E-state index contributed by atoms with van der Waals surface area (Å²) in [5, 5.41) is 13.9. The third-order valence-corrected chi connectivity index (χ3v) is 3.89. The number of anilines is 2. The maximum Gasteiger partial charge on any atom is 0.296 e. The lowest BCUT2D eigenvalue weighted by atomic mass is 10.1. The number of carbonyl (C=O) groups excluding carboxylic acids is 1. The molecule has 1 aromatic carbocycles. The number of fused-ring (bicyclic) bond motifs is 1. The molecule has 1 heterocycles. The number of benzene rings is 1. The first-order chi connectivity index (χ1) is 10.0. The molecule has 0 unspecified atom stereocenters. The Hall–Kier alpha value is -2.31. The summed E-state index contributed by atoms with van der Waals surface area (Å²) in [6.07, 6.45) is 3.54. The number of rotatable bonds is 5. The van der Waals surface area contributed by atoms with Crippen molar-refractivity contribution in [1.29, 1.82) is 0 Å². The first-order valence-electron chi connectivity index (χ1n) is 7.01. The number of nitro benzene ring substituents is 1. The number of amides is 1. The fourth-order valence-corrected chi connectivity index (χ4v) is 2.46. The molecule has 2 aliphatic rings. The highest BCUT2D eigenvalue weighted by atomic mass is 16.6. The molecular weight excluding hydrogens is 274 g/mol. The Bertz CT molecular complexity index is 598. The van der Waals surface area contributed by atoms with Crippen LogP contribution in [0.4, 0.5) is 17.1 Å². The standard InChI is InChI=1S/C14H17N3O4/c1-16(5-4-9-2-3-9)11-6-10-13(7-12(11)17(19)20)21-8-14(18)15-10/h6-7,9H,2-5,8H2,1H3,(H,15,18). The quantitative estimate of drug-likeness (QED) is 0.663.